The Balaban J connectivity index is 0.00000361. The number of aromatic nitrogens is 3. The fourth-order valence-electron chi connectivity index (χ4n) is 4.22. The molecule has 2 aromatic rings. The van der Waals surface area contributed by atoms with E-state index in [2.05, 4.69) is 22.9 Å². The van der Waals surface area contributed by atoms with Crippen LogP contribution >= 0.6 is 25.0 Å². The topological polar surface area (TPSA) is 77.3 Å². The number of rotatable bonds is 11. The van der Waals surface area contributed by atoms with Crippen molar-refractivity contribution in [2.24, 2.45) is 5.92 Å². The first-order chi connectivity index (χ1) is 17.0. The van der Waals surface area contributed by atoms with Crippen LogP contribution in [0.25, 0.3) is 6.08 Å². The molecule has 0 amide bonds. The predicted octanol–water partition coefficient (Wildman–Crippen LogP) is 4.80. The number of hydrogen-bond acceptors (Lipinski definition) is 7. The molecule has 1 fully saturated rings. The van der Waals surface area contributed by atoms with Crippen molar-refractivity contribution in [2.45, 2.75) is 56.9 Å². The van der Waals surface area contributed by atoms with Gasteiger partial charge in [-0.15, -0.1) is 17.5 Å². The molecule has 2 aliphatic rings. The highest BCUT2D eigenvalue weighted by Crippen LogP contribution is 2.39. The van der Waals surface area contributed by atoms with E-state index < -0.39 is 6.04 Å². The Bertz CT molecular complexity index is 1120. The fraction of sp³-hybridized carbons (Fsp3) is 0.462. The van der Waals surface area contributed by atoms with Crippen LogP contribution in [0.2, 0.25) is 0 Å². The van der Waals surface area contributed by atoms with Crippen LogP contribution in [0.5, 0.6) is 0 Å². The number of aryl methyl sites for hydroxylation is 1. The molecule has 1 saturated carbocycles. The van der Waals surface area contributed by atoms with Gasteiger partial charge in [0.05, 0.1) is 12.8 Å². The summed E-state index contributed by atoms with van der Waals surface area (Å²) in [5.74, 6) is -0.493. The Hall–Kier alpha value is -2.65. The van der Waals surface area contributed by atoms with Crippen molar-refractivity contribution >= 4 is 42.9 Å². The summed E-state index contributed by atoms with van der Waals surface area (Å²) in [6.07, 6.45) is 11.2. The number of carbonyl (C=O) groups excluding carboxylic acids is 2. The van der Waals surface area contributed by atoms with Crippen LogP contribution in [0, 0.1) is 11.7 Å². The summed E-state index contributed by atoms with van der Waals surface area (Å²) < 4.78 is 21.4. The number of ether oxygens (including phenoxy) is 1. The lowest BCUT2D eigenvalue weighted by Gasteiger charge is -2.35. The Kier molecular flexibility index (Phi) is 10.1. The molecule has 1 aromatic heterocycles. The summed E-state index contributed by atoms with van der Waals surface area (Å²) >= 11 is 4.68. The SMILES string of the molecule is CCOC(=O)CCCCn1cc(/C=C2\CN(C(C(=O)C3CC3)c3ccccc3F)C=CC2S)nn1.Cl. The lowest BCUT2D eigenvalue weighted by atomic mass is 9.95. The van der Waals surface area contributed by atoms with Crippen molar-refractivity contribution in [3.05, 3.63) is 65.4 Å². The van der Waals surface area contributed by atoms with Crippen LogP contribution in [0.15, 0.2) is 48.3 Å². The minimum absolute atomic E-state index is 0. The van der Waals surface area contributed by atoms with E-state index in [9.17, 15) is 14.0 Å². The van der Waals surface area contributed by atoms with Gasteiger partial charge < -0.3 is 9.64 Å². The molecule has 0 bridgehead atoms. The third kappa shape index (κ3) is 7.20. The van der Waals surface area contributed by atoms with Gasteiger partial charge in [0.25, 0.3) is 0 Å². The number of ketones is 1. The summed E-state index contributed by atoms with van der Waals surface area (Å²) in [7, 11) is 0. The molecule has 10 heteroatoms. The molecule has 194 valence electrons. The number of thiol groups is 1. The molecule has 0 radical (unpaired) electrons. The molecule has 2 heterocycles. The summed E-state index contributed by atoms with van der Waals surface area (Å²) in [5.41, 5.74) is 2.05. The summed E-state index contributed by atoms with van der Waals surface area (Å²) in [4.78, 5) is 26.5. The maximum atomic E-state index is 14.7. The highest BCUT2D eigenvalue weighted by Gasteiger charge is 2.39. The van der Waals surface area contributed by atoms with Crippen LogP contribution in [-0.2, 0) is 20.9 Å². The molecular weight excluding hydrogens is 503 g/mol. The Morgan fingerprint density at radius 3 is 2.78 bits per heavy atom. The van der Waals surface area contributed by atoms with Crippen LogP contribution in [-0.4, -0.2) is 50.0 Å². The van der Waals surface area contributed by atoms with E-state index in [0.717, 1.165) is 31.3 Å². The number of hydrogen-bond donors (Lipinski definition) is 1. The molecule has 4 rings (SSSR count). The first-order valence-corrected chi connectivity index (χ1v) is 12.6. The first-order valence-electron chi connectivity index (χ1n) is 12.1. The lowest BCUT2D eigenvalue weighted by molar-refractivity contribution is -0.143. The maximum absolute atomic E-state index is 14.7. The van der Waals surface area contributed by atoms with Crippen molar-refractivity contribution < 1.29 is 18.7 Å². The standard InChI is InChI=1S/C26H31FN4O3S.ClH/c1-2-34-24(32)9-5-6-13-31-17-20(28-29-31)15-19-16-30(14-12-23(19)35)25(26(33)18-10-11-18)21-7-3-4-8-22(21)27;/h3-4,7-8,12,14-15,17-18,23,25,35H,2,5-6,9-11,13,16H2,1H3;1H/b19-15+;. The summed E-state index contributed by atoms with van der Waals surface area (Å²) in [6.45, 7) is 3.28. The zero-order valence-electron chi connectivity index (χ0n) is 20.3. The minimum atomic E-state index is -0.667. The van der Waals surface area contributed by atoms with Gasteiger partial charge in [-0.1, -0.05) is 29.5 Å². The van der Waals surface area contributed by atoms with Crippen LogP contribution in [0.3, 0.4) is 0 Å². The second-order valence-electron chi connectivity index (χ2n) is 8.95. The largest absolute Gasteiger partial charge is 0.466 e. The van der Waals surface area contributed by atoms with Gasteiger partial charge in [-0.2, -0.15) is 12.6 Å². The van der Waals surface area contributed by atoms with Gasteiger partial charge in [0.15, 0.2) is 5.78 Å². The molecule has 1 aliphatic heterocycles. The Morgan fingerprint density at radius 2 is 2.06 bits per heavy atom. The van der Waals surface area contributed by atoms with Gasteiger partial charge in [0.2, 0.25) is 0 Å². The molecule has 2 atom stereocenters. The van der Waals surface area contributed by atoms with E-state index in [-0.39, 0.29) is 41.1 Å². The third-order valence-electron chi connectivity index (χ3n) is 6.20. The normalized spacial score (nSPS) is 19.1. The number of halogens is 2. The second kappa shape index (κ2) is 13.1. The van der Waals surface area contributed by atoms with E-state index in [0.29, 0.717) is 37.4 Å². The Morgan fingerprint density at radius 1 is 1.28 bits per heavy atom. The highest BCUT2D eigenvalue weighted by atomic mass is 35.5. The number of benzene rings is 1. The van der Waals surface area contributed by atoms with Gasteiger partial charge in [-0.3, -0.25) is 14.3 Å². The zero-order valence-corrected chi connectivity index (χ0v) is 22.0. The number of unbranched alkanes of at least 4 members (excludes halogenated alkanes) is 1. The third-order valence-corrected chi connectivity index (χ3v) is 6.70. The van der Waals surface area contributed by atoms with Crippen LogP contribution in [0.4, 0.5) is 4.39 Å². The molecule has 36 heavy (non-hydrogen) atoms. The first kappa shape index (κ1) is 27.9. The van der Waals surface area contributed by atoms with Gasteiger partial charge in [0, 0.05) is 36.2 Å². The van der Waals surface area contributed by atoms with Crippen molar-refractivity contribution in [1.29, 1.82) is 0 Å². The molecule has 0 N–H and O–H groups in total. The smallest absolute Gasteiger partial charge is 0.305 e. The molecule has 1 aliphatic carbocycles. The number of Topliss-reactive ketones (excluding diaryl/α,β-unsaturated/α-hetero) is 1. The van der Waals surface area contributed by atoms with Crippen molar-refractivity contribution in [3.63, 3.8) is 0 Å². The van der Waals surface area contributed by atoms with E-state index >= 15 is 0 Å². The monoisotopic (exact) mass is 534 g/mol. The van der Waals surface area contributed by atoms with Gasteiger partial charge in [0.1, 0.15) is 17.6 Å². The van der Waals surface area contributed by atoms with Crippen molar-refractivity contribution in [2.75, 3.05) is 13.2 Å². The molecule has 0 spiro atoms. The van der Waals surface area contributed by atoms with Crippen LogP contribution in [0.1, 0.15) is 56.3 Å². The van der Waals surface area contributed by atoms with E-state index in [1.54, 1.807) is 29.8 Å². The summed E-state index contributed by atoms with van der Waals surface area (Å²) in [5, 5.41) is 8.28. The van der Waals surface area contributed by atoms with Crippen LogP contribution < -0.4 is 0 Å². The molecule has 7 nitrogen and oxygen atoms in total. The second-order valence-corrected chi connectivity index (χ2v) is 9.50. The maximum Gasteiger partial charge on any atom is 0.305 e. The molecule has 1 aromatic carbocycles. The molecule has 2 unspecified atom stereocenters. The number of carbonyl (C=O) groups is 2. The molecular formula is C26H32ClFN4O3S. The van der Waals surface area contributed by atoms with Gasteiger partial charge in [-0.05, 0) is 56.5 Å². The predicted molar refractivity (Wildman–Crippen MR) is 141 cm³/mol. The fourth-order valence-corrected chi connectivity index (χ4v) is 4.45. The average Bonchev–Trinajstić information content (AvgIpc) is 3.60. The zero-order chi connectivity index (χ0) is 24.8. The van der Waals surface area contributed by atoms with E-state index in [1.165, 1.54) is 6.07 Å². The van der Waals surface area contributed by atoms with E-state index in [1.807, 2.05) is 29.4 Å². The van der Waals surface area contributed by atoms with Crippen molar-refractivity contribution in [3.8, 4) is 0 Å². The van der Waals surface area contributed by atoms with Gasteiger partial charge in [-0.25, -0.2) is 4.39 Å². The molecule has 0 saturated heterocycles. The van der Waals surface area contributed by atoms with E-state index in [4.69, 9.17) is 4.74 Å². The van der Waals surface area contributed by atoms with Crippen molar-refractivity contribution in [1.82, 2.24) is 19.9 Å². The average molecular weight is 535 g/mol. The summed E-state index contributed by atoms with van der Waals surface area (Å²) in [6, 6.07) is 5.83. The minimum Gasteiger partial charge on any atom is -0.466 e. The number of esters is 1. The lowest BCUT2D eigenvalue weighted by Crippen LogP contribution is -2.36. The quantitative estimate of drug-likeness (QED) is 0.253. The van der Waals surface area contributed by atoms with Gasteiger partial charge >= 0.3 is 5.97 Å². The Labute approximate surface area is 222 Å². The highest BCUT2D eigenvalue weighted by molar-refractivity contribution is 7.81. The number of nitrogens with zero attached hydrogens (tertiary/aromatic N) is 4.